The zero-order valence-corrected chi connectivity index (χ0v) is 11.4. The molecule has 2 rings (SSSR count). The standard InChI is InChI=1S/C15H22N2O2/c1-19-11-14(12-5-3-2-4-6-12)16-9-10-17-15(18)13-7-8-13/h2-6,13-14,16H,7-11H2,1H3,(H,17,18). The number of amides is 1. The van der Waals surface area contributed by atoms with Gasteiger partial charge in [0, 0.05) is 26.1 Å². The molecule has 0 radical (unpaired) electrons. The molecule has 4 nitrogen and oxygen atoms in total. The van der Waals surface area contributed by atoms with Crippen LogP contribution in [0.2, 0.25) is 0 Å². The molecule has 1 saturated carbocycles. The van der Waals surface area contributed by atoms with E-state index in [9.17, 15) is 4.79 Å². The second-order valence-corrected chi connectivity index (χ2v) is 4.94. The van der Waals surface area contributed by atoms with Crippen LogP contribution in [0, 0.1) is 5.92 Å². The van der Waals surface area contributed by atoms with E-state index in [4.69, 9.17) is 4.74 Å². The molecule has 0 bridgehead atoms. The fraction of sp³-hybridized carbons (Fsp3) is 0.533. The first-order chi connectivity index (χ1) is 9.31. The Morgan fingerprint density at radius 2 is 2.05 bits per heavy atom. The number of hydrogen-bond donors (Lipinski definition) is 2. The lowest BCUT2D eigenvalue weighted by molar-refractivity contribution is -0.122. The predicted octanol–water partition coefficient (Wildman–Crippen LogP) is 1.49. The van der Waals surface area contributed by atoms with Gasteiger partial charge >= 0.3 is 0 Å². The van der Waals surface area contributed by atoms with Crippen molar-refractivity contribution in [2.75, 3.05) is 26.8 Å². The van der Waals surface area contributed by atoms with E-state index in [-0.39, 0.29) is 17.9 Å². The Kier molecular flexibility index (Phi) is 5.36. The Balaban J connectivity index is 1.72. The van der Waals surface area contributed by atoms with E-state index in [1.807, 2.05) is 18.2 Å². The summed E-state index contributed by atoms with van der Waals surface area (Å²) in [5.41, 5.74) is 1.21. The van der Waals surface area contributed by atoms with Gasteiger partial charge in [0.15, 0.2) is 0 Å². The molecule has 0 heterocycles. The van der Waals surface area contributed by atoms with E-state index < -0.39 is 0 Å². The van der Waals surface area contributed by atoms with Gasteiger partial charge in [0.1, 0.15) is 0 Å². The summed E-state index contributed by atoms with van der Waals surface area (Å²) in [4.78, 5) is 11.5. The van der Waals surface area contributed by atoms with Gasteiger partial charge in [-0.25, -0.2) is 0 Å². The summed E-state index contributed by atoms with van der Waals surface area (Å²) in [7, 11) is 1.70. The van der Waals surface area contributed by atoms with E-state index in [2.05, 4.69) is 22.8 Å². The van der Waals surface area contributed by atoms with Gasteiger partial charge in [-0.2, -0.15) is 0 Å². The van der Waals surface area contributed by atoms with E-state index in [0.717, 1.165) is 19.4 Å². The highest BCUT2D eigenvalue weighted by Crippen LogP contribution is 2.28. The van der Waals surface area contributed by atoms with Gasteiger partial charge in [0.25, 0.3) is 0 Å². The molecular weight excluding hydrogens is 240 g/mol. The van der Waals surface area contributed by atoms with Crippen LogP contribution >= 0.6 is 0 Å². The van der Waals surface area contributed by atoms with Crippen molar-refractivity contribution in [3.63, 3.8) is 0 Å². The van der Waals surface area contributed by atoms with Crippen LogP contribution in [-0.4, -0.2) is 32.7 Å². The lowest BCUT2D eigenvalue weighted by Gasteiger charge is -2.18. The van der Waals surface area contributed by atoms with Crippen molar-refractivity contribution < 1.29 is 9.53 Å². The monoisotopic (exact) mass is 262 g/mol. The number of benzene rings is 1. The quantitative estimate of drug-likeness (QED) is 0.698. The molecule has 0 aromatic heterocycles. The third-order valence-corrected chi connectivity index (χ3v) is 3.30. The first kappa shape index (κ1) is 14.0. The number of ether oxygens (including phenoxy) is 1. The summed E-state index contributed by atoms with van der Waals surface area (Å²) in [5.74, 6) is 0.480. The maximum absolute atomic E-state index is 11.5. The number of methoxy groups -OCH3 is 1. The fourth-order valence-electron chi connectivity index (χ4n) is 2.05. The zero-order valence-electron chi connectivity index (χ0n) is 11.4. The van der Waals surface area contributed by atoms with E-state index in [1.54, 1.807) is 7.11 Å². The highest BCUT2D eigenvalue weighted by molar-refractivity contribution is 5.80. The van der Waals surface area contributed by atoms with Gasteiger partial charge in [0.05, 0.1) is 12.6 Å². The molecule has 0 aliphatic heterocycles. The molecule has 1 fully saturated rings. The Hall–Kier alpha value is -1.39. The van der Waals surface area contributed by atoms with Gasteiger partial charge in [-0.3, -0.25) is 4.79 Å². The van der Waals surface area contributed by atoms with Gasteiger partial charge < -0.3 is 15.4 Å². The fourth-order valence-corrected chi connectivity index (χ4v) is 2.05. The van der Waals surface area contributed by atoms with Crippen molar-refractivity contribution in [2.24, 2.45) is 5.92 Å². The van der Waals surface area contributed by atoms with Crippen LogP contribution in [0.3, 0.4) is 0 Å². The van der Waals surface area contributed by atoms with Gasteiger partial charge in [-0.05, 0) is 18.4 Å². The van der Waals surface area contributed by atoms with Gasteiger partial charge in [-0.1, -0.05) is 30.3 Å². The van der Waals surface area contributed by atoms with Gasteiger partial charge in [0.2, 0.25) is 5.91 Å². The Labute approximate surface area is 114 Å². The first-order valence-electron chi connectivity index (χ1n) is 6.86. The summed E-state index contributed by atoms with van der Waals surface area (Å²) in [6.45, 7) is 2.05. The summed E-state index contributed by atoms with van der Waals surface area (Å²) >= 11 is 0. The minimum absolute atomic E-state index is 0.170. The second kappa shape index (κ2) is 7.26. The Morgan fingerprint density at radius 1 is 1.32 bits per heavy atom. The number of hydrogen-bond acceptors (Lipinski definition) is 3. The third kappa shape index (κ3) is 4.65. The van der Waals surface area contributed by atoms with Crippen LogP contribution in [0.25, 0.3) is 0 Å². The number of nitrogens with one attached hydrogen (secondary N) is 2. The van der Waals surface area contributed by atoms with E-state index in [0.29, 0.717) is 13.2 Å². The summed E-state index contributed by atoms with van der Waals surface area (Å²) in [5, 5.41) is 6.36. The molecule has 0 saturated heterocycles. The number of carbonyl (C=O) groups excluding carboxylic acids is 1. The lowest BCUT2D eigenvalue weighted by Crippen LogP contribution is -2.35. The predicted molar refractivity (Wildman–Crippen MR) is 74.8 cm³/mol. The van der Waals surface area contributed by atoms with Crippen molar-refractivity contribution in [3.05, 3.63) is 35.9 Å². The van der Waals surface area contributed by atoms with Crippen LogP contribution in [0.1, 0.15) is 24.4 Å². The van der Waals surface area contributed by atoms with E-state index in [1.165, 1.54) is 5.56 Å². The minimum Gasteiger partial charge on any atom is -0.383 e. The van der Waals surface area contributed by atoms with Crippen molar-refractivity contribution in [1.29, 1.82) is 0 Å². The average Bonchev–Trinajstić information content (AvgIpc) is 3.27. The Morgan fingerprint density at radius 3 is 2.68 bits per heavy atom. The number of rotatable bonds is 8. The lowest BCUT2D eigenvalue weighted by atomic mass is 10.1. The van der Waals surface area contributed by atoms with Crippen LogP contribution in [-0.2, 0) is 9.53 Å². The van der Waals surface area contributed by atoms with Crippen molar-refractivity contribution in [3.8, 4) is 0 Å². The van der Waals surface area contributed by atoms with Crippen LogP contribution < -0.4 is 10.6 Å². The smallest absolute Gasteiger partial charge is 0.223 e. The van der Waals surface area contributed by atoms with Gasteiger partial charge in [-0.15, -0.1) is 0 Å². The molecule has 0 spiro atoms. The molecule has 19 heavy (non-hydrogen) atoms. The van der Waals surface area contributed by atoms with Crippen molar-refractivity contribution in [1.82, 2.24) is 10.6 Å². The van der Waals surface area contributed by atoms with Crippen molar-refractivity contribution in [2.45, 2.75) is 18.9 Å². The molecule has 1 unspecified atom stereocenters. The highest BCUT2D eigenvalue weighted by Gasteiger charge is 2.28. The molecule has 1 aromatic rings. The largest absolute Gasteiger partial charge is 0.383 e. The topological polar surface area (TPSA) is 50.4 Å². The maximum Gasteiger partial charge on any atom is 0.223 e. The molecule has 1 aliphatic carbocycles. The maximum atomic E-state index is 11.5. The number of carbonyl (C=O) groups is 1. The molecular formula is C15H22N2O2. The molecule has 2 N–H and O–H groups in total. The molecule has 1 aromatic carbocycles. The van der Waals surface area contributed by atoms with Crippen molar-refractivity contribution >= 4 is 5.91 Å². The van der Waals surface area contributed by atoms with Crippen LogP contribution in [0.5, 0.6) is 0 Å². The molecule has 1 aliphatic rings. The summed E-state index contributed by atoms with van der Waals surface area (Å²) < 4.78 is 5.23. The molecule has 104 valence electrons. The SMILES string of the molecule is COCC(NCCNC(=O)C1CC1)c1ccccc1. The van der Waals surface area contributed by atoms with Crippen LogP contribution in [0.15, 0.2) is 30.3 Å². The molecule has 1 atom stereocenters. The summed E-state index contributed by atoms with van der Waals surface area (Å²) in [6, 6.07) is 10.4. The zero-order chi connectivity index (χ0) is 13.5. The minimum atomic E-state index is 0.170. The second-order valence-electron chi connectivity index (χ2n) is 4.94. The summed E-state index contributed by atoms with van der Waals surface area (Å²) in [6.07, 6.45) is 2.10. The van der Waals surface area contributed by atoms with Crippen LogP contribution in [0.4, 0.5) is 0 Å². The molecule has 4 heteroatoms. The third-order valence-electron chi connectivity index (χ3n) is 3.30. The normalized spacial score (nSPS) is 16.1. The highest BCUT2D eigenvalue weighted by atomic mass is 16.5. The van der Waals surface area contributed by atoms with E-state index >= 15 is 0 Å². The average molecular weight is 262 g/mol. The molecule has 1 amide bonds. The first-order valence-corrected chi connectivity index (χ1v) is 6.86. The Bertz CT molecular complexity index is 390.